The first-order valence-electron chi connectivity index (χ1n) is 4.44. The van der Waals surface area contributed by atoms with Crippen LogP contribution >= 0.6 is 0 Å². The molecule has 0 fully saturated rings. The minimum atomic E-state index is -1.65. The van der Waals surface area contributed by atoms with Gasteiger partial charge in [0.25, 0.3) is 5.70 Å². The molecule has 0 spiro atoms. The number of hydrogen-bond donors (Lipinski definition) is 1. The van der Waals surface area contributed by atoms with Gasteiger partial charge in [0.1, 0.15) is 5.83 Å². The number of carbonyl (C=O) groups is 1. The van der Waals surface area contributed by atoms with E-state index >= 15 is 0 Å². The number of nitrogens with zero attached hydrogens (tertiary/aromatic N) is 1. The van der Waals surface area contributed by atoms with Gasteiger partial charge in [-0.15, -0.1) is 0 Å². The Hall–Kier alpha value is -1.98. The van der Waals surface area contributed by atoms with Crippen molar-refractivity contribution < 1.29 is 19.2 Å². The molecule has 0 saturated carbocycles. The summed E-state index contributed by atoms with van der Waals surface area (Å²) in [6.45, 7) is 3.23. The van der Waals surface area contributed by atoms with E-state index in [1.54, 1.807) is 13.8 Å². The molecule has 0 aromatic rings. The zero-order valence-electron chi connectivity index (χ0n) is 8.73. The molecule has 0 radical (unpaired) electrons. The molecule has 0 amide bonds. The van der Waals surface area contributed by atoms with E-state index in [-0.39, 0.29) is 0 Å². The van der Waals surface area contributed by atoms with Crippen molar-refractivity contribution in [2.75, 3.05) is 0 Å². The average Bonchev–Trinajstić information content (AvgIpc) is 2.19. The van der Waals surface area contributed by atoms with Gasteiger partial charge in [-0.25, -0.2) is 9.18 Å². The summed E-state index contributed by atoms with van der Waals surface area (Å²) in [5, 5.41) is 19.4. The zero-order valence-corrected chi connectivity index (χ0v) is 8.73. The highest BCUT2D eigenvalue weighted by Crippen LogP contribution is 2.30. The van der Waals surface area contributed by atoms with Crippen LogP contribution in [0.3, 0.4) is 0 Å². The Morgan fingerprint density at radius 2 is 2.12 bits per heavy atom. The normalized spacial score (nSPS) is 19.1. The quantitative estimate of drug-likeness (QED) is 0.578. The molecule has 16 heavy (non-hydrogen) atoms. The molecule has 86 valence electrons. The number of nitro groups is 1. The molecule has 0 saturated heterocycles. The van der Waals surface area contributed by atoms with E-state index in [0.29, 0.717) is 0 Å². The second kappa shape index (κ2) is 3.88. The third-order valence-corrected chi connectivity index (χ3v) is 2.08. The highest BCUT2D eigenvalue weighted by atomic mass is 19.1. The van der Waals surface area contributed by atoms with Gasteiger partial charge in [0.15, 0.2) is 5.57 Å². The van der Waals surface area contributed by atoms with Crippen LogP contribution in [0.25, 0.3) is 0 Å². The van der Waals surface area contributed by atoms with Gasteiger partial charge < -0.3 is 5.11 Å². The largest absolute Gasteiger partial charge is 0.477 e. The third-order valence-electron chi connectivity index (χ3n) is 2.08. The molecule has 0 aromatic heterocycles. The van der Waals surface area contributed by atoms with Gasteiger partial charge in [-0.3, -0.25) is 10.1 Å². The predicted molar refractivity (Wildman–Crippen MR) is 53.8 cm³/mol. The topological polar surface area (TPSA) is 80.4 Å². The average molecular weight is 227 g/mol. The second-order valence-electron chi connectivity index (χ2n) is 3.97. The van der Waals surface area contributed by atoms with Crippen LogP contribution in [0.5, 0.6) is 0 Å². The van der Waals surface area contributed by atoms with Crippen molar-refractivity contribution in [2.24, 2.45) is 5.41 Å². The van der Waals surface area contributed by atoms with Crippen molar-refractivity contribution in [2.45, 2.75) is 13.8 Å². The summed E-state index contributed by atoms with van der Waals surface area (Å²) in [7, 11) is 0. The molecule has 0 aromatic carbocycles. The third kappa shape index (κ3) is 2.33. The summed E-state index contributed by atoms with van der Waals surface area (Å²) < 4.78 is 13.5. The van der Waals surface area contributed by atoms with Crippen LogP contribution in [0.2, 0.25) is 0 Å². The van der Waals surface area contributed by atoms with Crippen LogP contribution in [0.1, 0.15) is 13.8 Å². The first kappa shape index (κ1) is 12.1. The van der Waals surface area contributed by atoms with E-state index in [1.807, 2.05) is 0 Å². The molecule has 0 heterocycles. The summed E-state index contributed by atoms with van der Waals surface area (Å²) in [4.78, 5) is 20.5. The minimum Gasteiger partial charge on any atom is -0.477 e. The molecule has 0 bridgehead atoms. The molecular formula is C10H10FNO4. The van der Waals surface area contributed by atoms with Gasteiger partial charge in [-0.2, -0.15) is 0 Å². The Balaban J connectivity index is 3.47. The van der Waals surface area contributed by atoms with Crippen LogP contribution in [-0.4, -0.2) is 16.0 Å². The molecule has 1 rings (SSSR count). The predicted octanol–water partition coefficient (Wildman–Crippen LogP) is 2.05. The number of aliphatic carboxylic acids is 1. The number of hydrogen-bond acceptors (Lipinski definition) is 3. The van der Waals surface area contributed by atoms with E-state index in [2.05, 4.69) is 0 Å². The summed E-state index contributed by atoms with van der Waals surface area (Å²) in [5.41, 5.74) is -2.42. The fraction of sp³-hybridized carbons (Fsp3) is 0.300. The van der Waals surface area contributed by atoms with Gasteiger partial charge >= 0.3 is 5.97 Å². The maximum atomic E-state index is 13.5. The molecule has 6 heteroatoms. The number of allylic oxidation sites excluding steroid dienone is 3. The van der Waals surface area contributed by atoms with Crippen LogP contribution in [0.15, 0.2) is 35.3 Å². The lowest BCUT2D eigenvalue weighted by molar-refractivity contribution is -0.419. The number of carboxylic acid groups (broad SMARTS) is 1. The number of carboxylic acids is 1. The van der Waals surface area contributed by atoms with Gasteiger partial charge in [-0.1, -0.05) is 19.9 Å². The first-order valence-corrected chi connectivity index (χ1v) is 4.44. The van der Waals surface area contributed by atoms with E-state index < -0.39 is 33.4 Å². The Kier molecular flexibility index (Phi) is 2.93. The summed E-state index contributed by atoms with van der Waals surface area (Å²) in [6.07, 6.45) is 3.46. The van der Waals surface area contributed by atoms with Crippen molar-refractivity contribution in [1.82, 2.24) is 0 Å². The molecule has 1 aliphatic carbocycles. The number of halogens is 1. The van der Waals surface area contributed by atoms with Gasteiger partial charge in [0.05, 0.1) is 4.92 Å². The standard InChI is InChI=1S/C10H10FNO4/c1-10(2)4-3-7(12(15)16)8(9(13)14)6(11)5-10/h3-5H,1-2H3,(H,13,14). The maximum absolute atomic E-state index is 13.5. The lowest BCUT2D eigenvalue weighted by Crippen LogP contribution is -2.09. The zero-order chi connectivity index (χ0) is 12.5. The lowest BCUT2D eigenvalue weighted by Gasteiger charge is -2.12. The van der Waals surface area contributed by atoms with E-state index in [4.69, 9.17) is 5.11 Å². The van der Waals surface area contributed by atoms with Gasteiger partial charge in [0, 0.05) is 11.5 Å². The first-order chi connectivity index (χ1) is 7.24. The molecular weight excluding hydrogens is 217 g/mol. The Bertz CT molecular complexity index is 446. The van der Waals surface area contributed by atoms with E-state index in [1.165, 1.54) is 6.08 Å². The molecule has 5 nitrogen and oxygen atoms in total. The van der Waals surface area contributed by atoms with Crippen molar-refractivity contribution >= 4 is 5.97 Å². The van der Waals surface area contributed by atoms with E-state index in [0.717, 1.165) is 12.2 Å². The van der Waals surface area contributed by atoms with Crippen molar-refractivity contribution in [3.05, 3.63) is 45.4 Å². The fourth-order valence-corrected chi connectivity index (χ4v) is 1.31. The summed E-state index contributed by atoms with van der Waals surface area (Å²) in [6, 6.07) is 0. The highest BCUT2D eigenvalue weighted by Gasteiger charge is 2.30. The molecule has 1 aliphatic rings. The lowest BCUT2D eigenvalue weighted by atomic mass is 9.93. The van der Waals surface area contributed by atoms with Crippen molar-refractivity contribution in [1.29, 1.82) is 0 Å². The van der Waals surface area contributed by atoms with Crippen molar-refractivity contribution in [3.8, 4) is 0 Å². The SMILES string of the molecule is CC1(C)C=CC([N+](=O)[O-])=C(C(=O)O)C(F)=C1. The molecule has 1 N–H and O–H groups in total. The fourth-order valence-electron chi connectivity index (χ4n) is 1.31. The Labute approximate surface area is 90.7 Å². The smallest absolute Gasteiger partial charge is 0.345 e. The van der Waals surface area contributed by atoms with Gasteiger partial charge in [-0.05, 0) is 6.08 Å². The van der Waals surface area contributed by atoms with Crippen LogP contribution < -0.4 is 0 Å². The molecule has 0 atom stereocenters. The molecule has 0 aliphatic heterocycles. The monoisotopic (exact) mass is 227 g/mol. The van der Waals surface area contributed by atoms with Crippen LogP contribution in [0, 0.1) is 15.5 Å². The summed E-state index contributed by atoms with van der Waals surface area (Å²) in [5.74, 6) is -2.74. The number of rotatable bonds is 2. The van der Waals surface area contributed by atoms with Crippen LogP contribution in [-0.2, 0) is 4.79 Å². The van der Waals surface area contributed by atoms with E-state index in [9.17, 15) is 19.3 Å². The second-order valence-corrected chi connectivity index (χ2v) is 3.97. The molecule has 0 unspecified atom stereocenters. The highest BCUT2D eigenvalue weighted by molar-refractivity contribution is 5.92. The van der Waals surface area contributed by atoms with Crippen LogP contribution in [0.4, 0.5) is 4.39 Å². The maximum Gasteiger partial charge on any atom is 0.345 e. The summed E-state index contributed by atoms with van der Waals surface area (Å²) >= 11 is 0. The Morgan fingerprint density at radius 1 is 1.56 bits per heavy atom. The van der Waals surface area contributed by atoms with Gasteiger partial charge in [0.2, 0.25) is 0 Å². The minimum absolute atomic E-state index is 0.744. The van der Waals surface area contributed by atoms with Crippen molar-refractivity contribution in [3.63, 3.8) is 0 Å². The Morgan fingerprint density at radius 3 is 2.56 bits per heavy atom.